The lowest BCUT2D eigenvalue weighted by atomic mass is 10.0. The zero-order valence-corrected chi connectivity index (χ0v) is 10.6. The molecule has 88 valence electrons. The van der Waals surface area contributed by atoms with Gasteiger partial charge in [-0.1, -0.05) is 6.92 Å². The Kier molecular flexibility index (Phi) is 4.35. The van der Waals surface area contributed by atoms with E-state index in [1.54, 1.807) is 0 Å². The SMILES string of the molecule is CSC1CC(C)CC1CCOCC1CO1. The summed E-state index contributed by atoms with van der Waals surface area (Å²) in [5, 5.41) is 0.876. The molecule has 1 heterocycles. The van der Waals surface area contributed by atoms with Crippen LogP contribution in [0.3, 0.4) is 0 Å². The van der Waals surface area contributed by atoms with Gasteiger partial charge in [0, 0.05) is 11.9 Å². The second kappa shape index (κ2) is 5.55. The highest BCUT2D eigenvalue weighted by Crippen LogP contribution is 2.39. The van der Waals surface area contributed by atoms with Crippen LogP contribution in [0, 0.1) is 11.8 Å². The van der Waals surface area contributed by atoms with E-state index in [0.717, 1.165) is 36.9 Å². The summed E-state index contributed by atoms with van der Waals surface area (Å²) in [6.07, 6.45) is 6.70. The summed E-state index contributed by atoms with van der Waals surface area (Å²) in [6.45, 7) is 5.02. The summed E-state index contributed by atoms with van der Waals surface area (Å²) >= 11 is 2.04. The molecule has 0 aromatic carbocycles. The number of rotatable bonds is 6. The normalized spacial score (nSPS) is 39.6. The van der Waals surface area contributed by atoms with Crippen molar-refractivity contribution >= 4 is 11.8 Å². The molecule has 2 fully saturated rings. The Morgan fingerprint density at radius 2 is 2.20 bits per heavy atom. The van der Waals surface area contributed by atoms with E-state index in [1.165, 1.54) is 19.3 Å². The highest BCUT2D eigenvalue weighted by Gasteiger charge is 2.31. The lowest BCUT2D eigenvalue weighted by Crippen LogP contribution is -2.13. The minimum absolute atomic E-state index is 0.420. The largest absolute Gasteiger partial charge is 0.379 e. The Labute approximate surface area is 97.1 Å². The van der Waals surface area contributed by atoms with E-state index in [4.69, 9.17) is 9.47 Å². The number of hydrogen-bond acceptors (Lipinski definition) is 3. The Morgan fingerprint density at radius 3 is 2.87 bits per heavy atom. The van der Waals surface area contributed by atoms with Crippen molar-refractivity contribution in [2.24, 2.45) is 11.8 Å². The zero-order chi connectivity index (χ0) is 10.7. The topological polar surface area (TPSA) is 21.8 Å². The van der Waals surface area contributed by atoms with Crippen molar-refractivity contribution in [1.82, 2.24) is 0 Å². The van der Waals surface area contributed by atoms with E-state index in [-0.39, 0.29) is 0 Å². The molecule has 1 aliphatic heterocycles. The summed E-state index contributed by atoms with van der Waals surface area (Å²) in [5.41, 5.74) is 0. The molecule has 4 unspecified atom stereocenters. The van der Waals surface area contributed by atoms with Gasteiger partial charge in [0.1, 0.15) is 6.10 Å². The third kappa shape index (κ3) is 3.65. The Balaban J connectivity index is 1.59. The summed E-state index contributed by atoms with van der Waals surface area (Å²) < 4.78 is 10.7. The highest BCUT2D eigenvalue weighted by molar-refractivity contribution is 7.99. The lowest BCUT2D eigenvalue weighted by Gasteiger charge is -2.16. The standard InChI is InChI=1S/C12H22O2S/c1-9-5-10(12(6-9)15-2)3-4-13-7-11-8-14-11/h9-12H,3-8H2,1-2H3. The molecular weight excluding hydrogens is 208 g/mol. The minimum Gasteiger partial charge on any atom is -0.379 e. The fourth-order valence-corrected chi connectivity index (χ4v) is 3.71. The van der Waals surface area contributed by atoms with Crippen LogP contribution in [0.2, 0.25) is 0 Å². The third-order valence-electron chi connectivity index (χ3n) is 3.51. The van der Waals surface area contributed by atoms with Gasteiger partial charge in [0.15, 0.2) is 0 Å². The fourth-order valence-electron chi connectivity index (χ4n) is 2.56. The van der Waals surface area contributed by atoms with Crippen molar-refractivity contribution in [3.63, 3.8) is 0 Å². The van der Waals surface area contributed by atoms with E-state index in [1.807, 2.05) is 11.8 Å². The smallest absolute Gasteiger partial charge is 0.104 e. The molecule has 2 aliphatic rings. The summed E-state index contributed by atoms with van der Waals surface area (Å²) in [6, 6.07) is 0. The number of ether oxygens (including phenoxy) is 2. The molecule has 0 amide bonds. The molecule has 1 aliphatic carbocycles. The van der Waals surface area contributed by atoms with Gasteiger partial charge in [0.05, 0.1) is 13.2 Å². The van der Waals surface area contributed by atoms with Crippen molar-refractivity contribution in [2.45, 2.75) is 37.5 Å². The quantitative estimate of drug-likeness (QED) is 0.517. The minimum atomic E-state index is 0.420. The molecule has 1 saturated heterocycles. The first-order valence-corrected chi connectivity index (χ1v) is 7.30. The second-order valence-electron chi connectivity index (χ2n) is 4.93. The molecule has 4 atom stereocenters. The summed E-state index contributed by atoms with van der Waals surface area (Å²) in [7, 11) is 0. The average Bonchev–Trinajstić information content (AvgIpc) is 2.97. The van der Waals surface area contributed by atoms with Crippen molar-refractivity contribution in [3.05, 3.63) is 0 Å². The van der Waals surface area contributed by atoms with Crippen molar-refractivity contribution in [2.75, 3.05) is 26.1 Å². The maximum atomic E-state index is 5.61. The summed E-state index contributed by atoms with van der Waals surface area (Å²) in [5.74, 6) is 1.80. The van der Waals surface area contributed by atoms with Crippen molar-refractivity contribution < 1.29 is 9.47 Å². The predicted octanol–water partition coefficient (Wildman–Crippen LogP) is 2.57. The lowest BCUT2D eigenvalue weighted by molar-refractivity contribution is 0.105. The summed E-state index contributed by atoms with van der Waals surface area (Å²) in [4.78, 5) is 0. The van der Waals surface area contributed by atoms with Crippen LogP contribution in [0.25, 0.3) is 0 Å². The second-order valence-corrected chi connectivity index (χ2v) is 6.01. The van der Waals surface area contributed by atoms with Crippen LogP contribution in [-0.4, -0.2) is 37.4 Å². The van der Waals surface area contributed by atoms with E-state index in [2.05, 4.69) is 13.2 Å². The van der Waals surface area contributed by atoms with E-state index in [0.29, 0.717) is 6.10 Å². The first kappa shape index (κ1) is 11.7. The van der Waals surface area contributed by atoms with Gasteiger partial charge in [-0.25, -0.2) is 0 Å². The molecule has 2 rings (SSSR count). The monoisotopic (exact) mass is 230 g/mol. The van der Waals surface area contributed by atoms with Gasteiger partial charge in [0.2, 0.25) is 0 Å². The molecule has 0 radical (unpaired) electrons. The van der Waals surface area contributed by atoms with Crippen LogP contribution in [0.1, 0.15) is 26.2 Å². The third-order valence-corrected chi connectivity index (χ3v) is 4.69. The molecule has 15 heavy (non-hydrogen) atoms. The predicted molar refractivity (Wildman–Crippen MR) is 64.4 cm³/mol. The van der Waals surface area contributed by atoms with Crippen LogP contribution in [0.5, 0.6) is 0 Å². The van der Waals surface area contributed by atoms with Crippen molar-refractivity contribution in [1.29, 1.82) is 0 Å². The molecule has 2 nitrogen and oxygen atoms in total. The van der Waals surface area contributed by atoms with E-state index < -0.39 is 0 Å². The van der Waals surface area contributed by atoms with Crippen LogP contribution >= 0.6 is 11.8 Å². The van der Waals surface area contributed by atoms with Crippen molar-refractivity contribution in [3.8, 4) is 0 Å². The molecule has 3 heteroatoms. The molecule has 0 spiro atoms. The first-order valence-electron chi connectivity index (χ1n) is 6.01. The van der Waals surface area contributed by atoms with Crippen LogP contribution in [0.4, 0.5) is 0 Å². The zero-order valence-electron chi connectivity index (χ0n) is 9.78. The fraction of sp³-hybridized carbons (Fsp3) is 1.00. The van der Waals surface area contributed by atoms with Gasteiger partial charge in [-0.15, -0.1) is 0 Å². The van der Waals surface area contributed by atoms with Gasteiger partial charge >= 0.3 is 0 Å². The van der Waals surface area contributed by atoms with Crippen LogP contribution in [0.15, 0.2) is 0 Å². The maximum absolute atomic E-state index is 5.61. The number of thioether (sulfide) groups is 1. The molecule has 0 bridgehead atoms. The van der Waals surface area contributed by atoms with E-state index >= 15 is 0 Å². The Morgan fingerprint density at radius 1 is 1.40 bits per heavy atom. The highest BCUT2D eigenvalue weighted by atomic mass is 32.2. The molecule has 0 aromatic heterocycles. The Bertz CT molecular complexity index is 194. The molecule has 0 N–H and O–H groups in total. The first-order chi connectivity index (χ1) is 7.29. The molecule has 1 saturated carbocycles. The average molecular weight is 230 g/mol. The maximum Gasteiger partial charge on any atom is 0.104 e. The van der Waals surface area contributed by atoms with Crippen LogP contribution < -0.4 is 0 Å². The van der Waals surface area contributed by atoms with Crippen LogP contribution in [-0.2, 0) is 9.47 Å². The van der Waals surface area contributed by atoms with E-state index in [9.17, 15) is 0 Å². The molecule has 0 aromatic rings. The number of hydrogen-bond donors (Lipinski definition) is 0. The van der Waals surface area contributed by atoms with Gasteiger partial charge in [-0.3, -0.25) is 0 Å². The molecular formula is C12H22O2S. The van der Waals surface area contributed by atoms with Gasteiger partial charge in [-0.05, 0) is 37.4 Å². The Hall–Kier alpha value is 0.270. The van der Waals surface area contributed by atoms with Gasteiger partial charge < -0.3 is 9.47 Å². The van der Waals surface area contributed by atoms with Gasteiger partial charge in [0.25, 0.3) is 0 Å². The number of epoxide rings is 1. The van der Waals surface area contributed by atoms with Gasteiger partial charge in [-0.2, -0.15) is 11.8 Å².